The van der Waals surface area contributed by atoms with E-state index in [9.17, 15) is 0 Å². The van der Waals surface area contributed by atoms with Crippen LogP contribution in [-0.4, -0.2) is 24.5 Å². The first-order valence-electron chi connectivity index (χ1n) is 8.11. The van der Waals surface area contributed by atoms with Crippen LogP contribution >= 0.6 is 0 Å². The lowest BCUT2D eigenvalue weighted by molar-refractivity contribution is 0.183. The summed E-state index contributed by atoms with van der Waals surface area (Å²) in [6.07, 6.45) is 3.79. The zero-order chi connectivity index (χ0) is 14.5. The average Bonchev–Trinajstić information content (AvgIpc) is 2.41. The first-order chi connectivity index (χ1) is 9.54. The maximum Gasteiger partial charge on any atom is 0.0424 e. The van der Waals surface area contributed by atoms with E-state index < -0.39 is 0 Å². The molecule has 0 radical (unpaired) electrons. The molecule has 0 bridgehead atoms. The normalized spacial score (nSPS) is 19.4. The highest BCUT2D eigenvalue weighted by atomic mass is 15.1. The molecule has 1 aromatic carbocycles. The van der Waals surface area contributed by atoms with Gasteiger partial charge in [-0.3, -0.25) is 0 Å². The van der Waals surface area contributed by atoms with Gasteiger partial charge in [-0.2, -0.15) is 0 Å². The summed E-state index contributed by atoms with van der Waals surface area (Å²) in [7, 11) is 0. The van der Waals surface area contributed by atoms with E-state index in [2.05, 4.69) is 49.9 Å². The smallest absolute Gasteiger partial charge is 0.0424 e. The third-order valence-corrected chi connectivity index (χ3v) is 4.38. The van der Waals surface area contributed by atoms with Crippen LogP contribution in [0, 0.1) is 11.8 Å². The zero-order valence-electron chi connectivity index (χ0n) is 13.3. The fourth-order valence-corrected chi connectivity index (χ4v) is 3.00. The number of likely N-dealkylation sites (tertiary alicyclic amines) is 1. The quantitative estimate of drug-likeness (QED) is 0.888. The molecule has 1 saturated heterocycles. The largest absolute Gasteiger partial charge is 0.323 e. The summed E-state index contributed by atoms with van der Waals surface area (Å²) in [4.78, 5) is 2.52. The Morgan fingerprint density at radius 1 is 1.15 bits per heavy atom. The van der Waals surface area contributed by atoms with Gasteiger partial charge in [0.25, 0.3) is 0 Å². The molecule has 2 heteroatoms. The van der Waals surface area contributed by atoms with Gasteiger partial charge < -0.3 is 10.6 Å². The molecule has 112 valence electrons. The predicted octanol–water partition coefficient (Wildman–Crippen LogP) is 3.62. The van der Waals surface area contributed by atoms with E-state index in [1.165, 1.54) is 37.1 Å². The Balaban J connectivity index is 1.87. The van der Waals surface area contributed by atoms with Crippen LogP contribution in [0.1, 0.15) is 50.8 Å². The van der Waals surface area contributed by atoms with Gasteiger partial charge in [-0.05, 0) is 55.3 Å². The highest BCUT2D eigenvalue weighted by Crippen LogP contribution is 2.20. The molecule has 2 rings (SSSR count). The first-order valence-corrected chi connectivity index (χ1v) is 8.11. The average molecular weight is 274 g/mol. The topological polar surface area (TPSA) is 29.3 Å². The van der Waals surface area contributed by atoms with Crippen LogP contribution in [-0.2, 0) is 6.42 Å². The summed E-state index contributed by atoms with van der Waals surface area (Å²) < 4.78 is 0. The van der Waals surface area contributed by atoms with Crippen LogP contribution < -0.4 is 5.73 Å². The molecule has 1 aliphatic rings. The summed E-state index contributed by atoms with van der Waals surface area (Å²) in [5.41, 5.74) is 9.06. The van der Waals surface area contributed by atoms with Crippen molar-refractivity contribution >= 4 is 0 Å². The van der Waals surface area contributed by atoms with Gasteiger partial charge in [0, 0.05) is 12.6 Å². The summed E-state index contributed by atoms with van der Waals surface area (Å²) in [5.74, 6) is 1.60. The molecule has 2 N–H and O–H groups in total. The minimum absolute atomic E-state index is 0.150. The number of hydrogen-bond acceptors (Lipinski definition) is 2. The van der Waals surface area contributed by atoms with Crippen molar-refractivity contribution in [2.24, 2.45) is 17.6 Å². The van der Waals surface area contributed by atoms with E-state index >= 15 is 0 Å². The van der Waals surface area contributed by atoms with Gasteiger partial charge >= 0.3 is 0 Å². The van der Waals surface area contributed by atoms with Crippen LogP contribution in [0.25, 0.3) is 0 Å². The second kappa shape index (κ2) is 7.24. The van der Waals surface area contributed by atoms with Crippen molar-refractivity contribution in [2.45, 2.75) is 46.1 Å². The van der Waals surface area contributed by atoms with Gasteiger partial charge in [0.15, 0.2) is 0 Å². The highest BCUT2D eigenvalue weighted by molar-refractivity contribution is 5.25. The van der Waals surface area contributed by atoms with Crippen molar-refractivity contribution in [2.75, 3.05) is 19.6 Å². The third kappa shape index (κ3) is 4.60. The molecule has 1 unspecified atom stereocenters. The standard InChI is InChI=1S/C18H30N2/c1-14(2)12-16-4-6-17(7-5-16)18(19)13-20-10-8-15(3)9-11-20/h4-7,14-15,18H,8-13,19H2,1-3H3. The Hall–Kier alpha value is -0.860. The van der Waals surface area contributed by atoms with Crippen molar-refractivity contribution < 1.29 is 0 Å². The van der Waals surface area contributed by atoms with Crippen molar-refractivity contribution in [3.8, 4) is 0 Å². The molecule has 1 fully saturated rings. The van der Waals surface area contributed by atoms with E-state index in [1.807, 2.05) is 0 Å². The molecule has 1 atom stereocenters. The van der Waals surface area contributed by atoms with E-state index in [1.54, 1.807) is 0 Å². The summed E-state index contributed by atoms with van der Waals surface area (Å²) in [6, 6.07) is 9.07. The number of benzene rings is 1. The SMILES string of the molecule is CC(C)Cc1ccc(C(N)CN2CCC(C)CC2)cc1. The monoisotopic (exact) mass is 274 g/mol. The lowest BCUT2D eigenvalue weighted by Gasteiger charge is -2.32. The lowest BCUT2D eigenvalue weighted by Crippen LogP contribution is -2.38. The van der Waals surface area contributed by atoms with Gasteiger partial charge in [0.05, 0.1) is 0 Å². The van der Waals surface area contributed by atoms with Gasteiger partial charge in [-0.1, -0.05) is 45.0 Å². The van der Waals surface area contributed by atoms with Crippen LogP contribution in [0.15, 0.2) is 24.3 Å². The molecular weight excluding hydrogens is 244 g/mol. The molecule has 20 heavy (non-hydrogen) atoms. The van der Waals surface area contributed by atoms with Crippen LogP contribution in [0.4, 0.5) is 0 Å². The number of piperidine rings is 1. The Morgan fingerprint density at radius 3 is 2.30 bits per heavy atom. The number of nitrogens with two attached hydrogens (primary N) is 1. The zero-order valence-corrected chi connectivity index (χ0v) is 13.3. The molecule has 2 nitrogen and oxygen atoms in total. The Kier molecular flexibility index (Phi) is 5.62. The van der Waals surface area contributed by atoms with Crippen LogP contribution in [0.5, 0.6) is 0 Å². The van der Waals surface area contributed by atoms with Crippen LogP contribution in [0.2, 0.25) is 0 Å². The summed E-state index contributed by atoms with van der Waals surface area (Å²) in [5, 5.41) is 0. The van der Waals surface area contributed by atoms with Crippen molar-refractivity contribution in [3.63, 3.8) is 0 Å². The molecular formula is C18H30N2. The Bertz CT molecular complexity index is 388. The molecule has 1 aliphatic heterocycles. The van der Waals surface area contributed by atoms with Crippen molar-refractivity contribution in [1.82, 2.24) is 4.90 Å². The summed E-state index contributed by atoms with van der Waals surface area (Å²) >= 11 is 0. The van der Waals surface area contributed by atoms with Crippen molar-refractivity contribution in [1.29, 1.82) is 0 Å². The molecule has 0 amide bonds. The molecule has 0 spiro atoms. The lowest BCUT2D eigenvalue weighted by atomic mass is 9.97. The second-order valence-corrected chi connectivity index (χ2v) is 6.93. The van der Waals surface area contributed by atoms with Gasteiger partial charge in [0.1, 0.15) is 0 Å². The number of nitrogens with zero attached hydrogens (tertiary/aromatic N) is 1. The minimum Gasteiger partial charge on any atom is -0.323 e. The first kappa shape index (κ1) is 15.5. The molecule has 0 saturated carbocycles. The number of rotatable bonds is 5. The second-order valence-electron chi connectivity index (χ2n) is 6.93. The molecule has 1 heterocycles. The minimum atomic E-state index is 0.150. The maximum atomic E-state index is 6.37. The highest BCUT2D eigenvalue weighted by Gasteiger charge is 2.18. The van der Waals surface area contributed by atoms with Gasteiger partial charge in [-0.15, -0.1) is 0 Å². The van der Waals surface area contributed by atoms with E-state index in [-0.39, 0.29) is 6.04 Å². The fourth-order valence-electron chi connectivity index (χ4n) is 3.00. The molecule has 0 aromatic heterocycles. The number of hydrogen-bond donors (Lipinski definition) is 1. The van der Waals surface area contributed by atoms with Crippen molar-refractivity contribution in [3.05, 3.63) is 35.4 Å². The molecule has 0 aliphatic carbocycles. The fraction of sp³-hybridized carbons (Fsp3) is 0.667. The third-order valence-electron chi connectivity index (χ3n) is 4.38. The Morgan fingerprint density at radius 2 is 1.75 bits per heavy atom. The van der Waals surface area contributed by atoms with Gasteiger partial charge in [-0.25, -0.2) is 0 Å². The Labute approximate surface area is 124 Å². The maximum absolute atomic E-state index is 6.37. The predicted molar refractivity (Wildman–Crippen MR) is 86.8 cm³/mol. The van der Waals surface area contributed by atoms with Gasteiger partial charge in [0.2, 0.25) is 0 Å². The van der Waals surface area contributed by atoms with E-state index in [0.29, 0.717) is 5.92 Å². The van der Waals surface area contributed by atoms with Crippen LogP contribution in [0.3, 0.4) is 0 Å². The molecule has 1 aromatic rings. The van der Waals surface area contributed by atoms with E-state index in [4.69, 9.17) is 5.73 Å². The van der Waals surface area contributed by atoms with E-state index in [0.717, 1.165) is 18.9 Å². The summed E-state index contributed by atoms with van der Waals surface area (Å²) in [6.45, 7) is 10.3.